The number of hydrogen-bond acceptors (Lipinski definition) is 3. The van der Waals surface area contributed by atoms with Gasteiger partial charge in [0.2, 0.25) is 0 Å². The minimum absolute atomic E-state index is 0.214. The number of aromatic nitrogens is 3. The van der Waals surface area contributed by atoms with Gasteiger partial charge in [0.25, 0.3) is 5.95 Å². The van der Waals surface area contributed by atoms with E-state index in [0.29, 0.717) is 6.07 Å². The lowest BCUT2D eigenvalue weighted by molar-refractivity contribution is 0.466. The molecule has 4 nitrogen and oxygen atoms in total. The van der Waals surface area contributed by atoms with E-state index in [2.05, 4.69) is 20.5 Å². The Balaban J connectivity index is 2.12. The summed E-state index contributed by atoms with van der Waals surface area (Å²) in [5.41, 5.74) is 0.742. The van der Waals surface area contributed by atoms with Crippen LogP contribution in [0.1, 0.15) is 5.56 Å². The highest BCUT2D eigenvalue weighted by atomic mass is 19.2. The molecule has 0 aliphatic carbocycles. The number of nitrogens with one attached hydrogen (secondary N) is 2. The molecule has 0 fully saturated rings. The quantitative estimate of drug-likeness (QED) is 0.788. The minimum atomic E-state index is -1.34. The molecule has 0 bridgehead atoms. The van der Waals surface area contributed by atoms with Crippen LogP contribution in [-0.2, 0) is 6.54 Å². The van der Waals surface area contributed by atoms with Gasteiger partial charge in [0.05, 0.1) is 6.20 Å². The van der Waals surface area contributed by atoms with E-state index in [-0.39, 0.29) is 12.4 Å². The fourth-order valence-electron chi connectivity index (χ4n) is 1.13. The van der Waals surface area contributed by atoms with Crippen LogP contribution < -0.4 is 5.32 Å². The van der Waals surface area contributed by atoms with Gasteiger partial charge < -0.3 is 5.32 Å². The summed E-state index contributed by atoms with van der Waals surface area (Å²) in [5.74, 6) is -3.93. The van der Waals surface area contributed by atoms with E-state index in [9.17, 15) is 13.2 Å². The van der Waals surface area contributed by atoms with Crippen LogP contribution in [0.15, 0.2) is 18.5 Å². The van der Waals surface area contributed by atoms with Gasteiger partial charge in [-0.2, -0.15) is 14.5 Å². The third kappa shape index (κ3) is 2.13. The second kappa shape index (κ2) is 4.21. The lowest BCUT2D eigenvalue weighted by atomic mass is 10.3. The summed E-state index contributed by atoms with van der Waals surface area (Å²) in [6.45, 7) is 0.214. The highest BCUT2D eigenvalue weighted by Gasteiger charge is 2.11. The van der Waals surface area contributed by atoms with Gasteiger partial charge in [-0.05, 0) is 0 Å². The van der Waals surface area contributed by atoms with Crippen molar-refractivity contribution in [2.45, 2.75) is 6.54 Å². The summed E-state index contributed by atoms with van der Waals surface area (Å²) >= 11 is 0. The number of aromatic amines is 1. The molecule has 2 aromatic heterocycles. The Kier molecular flexibility index (Phi) is 2.76. The third-order valence-electron chi connectivity index (χ3n) is 1.90. The number of pyridine rings is 1. The van der Waals surface area contributed by atoms with Crippen LogP contribution in [0.5, 0.6) is 0 Å². The first kappa shape index (κ1) is 10.5. The van der Waals surface area contributed by atoms with Gasteiger partial charge in [0, 0.05) is 24.4 Å². The van der Waals surface area contributed by atoms with Crippen LogP contribution in [0.25, 0.3) is 0 Å². The van der Waals surface area contributed by atoms with Gasteiger partial charge in [-0.3, -0.25) is 5.10 Å². The summed E-state index contributed by atoms with van der Waals surface area (Å²) in [7, 11) is 0. The van der Waals surface area contributed by atoms with Crippen molar-refractivity contribution < 1.29 is 13.2 Å². The van der Waals surface area contributed by atoms with Gasteiger partial charge in [-0.15, -0.1) is 0 Å². The highest BCUT2D eigenvalue weighted by Crippen LogP contribution is 2.14. The van der Waals surface area contributed by atoms with Crippen molar-refractivity contribution in [2.24, 2.45) is 0 Å². The monoisotopic (exact) mass is 228 g/mol. The minimum Gasteiger partial charge on any atom is -0.363 e. The SMILES string of the molecule is Fc1cc(F)c(NCc2cn[nH]c2)nc1F. The smallest absolute Gasteiger partial charge is 0.251 e. The van der Waals surface area contributed by atoms with Gasteiger partial charge in [0.15, 0.2) is 17.5 Å². The van der Waals surface area contributed by atoms with Crippen LogP contribution in [0.2, 0.25) is 0 Å². The van der Waals surface area contributed by atoms with Gasteiger partial charge >= 0.3 is 0 Å². The average Bonchev–Trinajstić information content (AvgIpc) is 2.74. The number of anilines is 1. The molecule has 0 aromatic carbocycles. The third-order valence-corrected chi connectivity index (χ3v) is 1.90. The molecule has 0 unspecified atom stereocenters. The molecule has 2 rings (SSSR count). The fourth-order valence-corrected chi connectivity index (χ4v) is 1.13. The largest absolute Gasteiger partial charge is 0.363 e. The molecular formula is C9H7F3N4. The number of hydrogen-bond donors (Lipinski definition) is 2. The van der Waals surface area contributed by atoms with Crippen LogP contribution in [0.4, 0.5) is 19.0 Å². The lowest BCUT2D eigenvalue weighted by Crippen LogP contribution is -2.05. The number of halogens is 3. The maximum atomic E-state index is 13.1. The van der Waals surface area contributed by atoms with Gasteiger partial charge in [-0.1, -0.05) is 0 Å². The molecule has 0 spiro atoms. The van der Waals surface area contributed by atoms with Gasteiger partial charge in [-0.25, -0.2) is 8.78 Å². The Hall–Kier alpha value is -2.05. The van der Waals surface area contributed by atoms with Crippen molar-refractivity contribution in [3.63, 3.8) is 0 Å². The molecule has 84 valence electrons. The van der Waals surface area contributed by atoms with Crippen LogP contribution >= 0.6 is 0 Å². The van der Waals surface area contributed by atoms with Crippen molar-refractivity contribution in [2.75, 3.05) is 5.32 Å². The summed E-state index contributed by atoms with van der Waals surface area (Å²) < 4.78 is 38.4. The Morgan fingerprint density at radius 2 is 2.06 bits per heavy atom. The van der Waals surface area contributed by atoms with Crippen LogP contribution in [-0.4, -0.2) is 15.2 Å². The van der Waals surface area contributed by atoms with Crippen molar-refractivity contribution in [3.8, 4) is 0 Å². The van der Waals surface area contributed by atoms with E-state index in [1.165, 1.54) is 6.20 Å². The maximum Gasteiger partial charge on any atom is 0.251 e. The lowest BCUT2D eigenvalue weighted by Gasteiger charge is -2.05. The molecular weight excluding hydrogens is 221 g/mol. The van der Waals surface area contributed by atoms with E-state index >= 15 is 0 Å². The summed E-state index contributed by atoms with van der Waals surface area (Å²) in [6, 6.07) is 0.444. The molecule has 0 amide bonds. The molecule has 2 aromatic rings. The zero-order valence-electron chi connectivity index (χ0n) is 7.97. The number of rotatable bonds is 3. The predicted octanol–water partition coefficient (Wildman–Crippen LogP) is 1.83. The molecule has 0 saturated carbocycles. The Morgan fingerprint density at radius 1 is 1.25 bits per heavy atom. The Bertz CT molecular complexity index is 484. The van der Waals surface area contributed by atoms with Crippen molar-refractivity contribution in [1.82, 2.24) is 15.2 Å². The van der Waals surface area contributed by atoms with Crippen LogP contribution in [0, 0.1) is 17.6 Å². The summed E-state index contributed by atoms with van der Waals surface area (Å²) in [6.07, 6.45) is 3.11. The molecule has 7 heteroatoms. The van der Waals surface area contributed by atoms with Gasteiger partial charge in [0.1, 0.15) is 0 Å². The van der Waals surface area contributed by atoms with Crippen molar-refractivity contribution in [3.05, 3.63) is 41.6 Å². The van der Waals surface area contributed by atoms with E-state index < -0.39 is 17.6 Å². The molecule has 0 aliphatic heterocycles. The van der Waals surface area contributed by atoms with E-state index in [4.69, 9.17) is 0 Å². The second-order valence-electron chi connectivity index (χ2n) is 3.05. The van der Waals surface area contributed by atoms with E-state index in [1.54, 1.807) is 6.20 Å². The molecule has 2 N–H and O–H groups in total. The molecule has 0 aliphatic rings. The first-order chi connectivity index (χ1) is 7.66. The zero-order chi connectivity index (χ0) is 11.5. The number of nitrogens with zero attached hydrogens (tertiary/aromatic N) is 2. The Morgan fingerprint density at radius 3 is 2.75 bits per heavy atom. The van der Waals surface area contributed by atoms with Crippen molar-refractivity contribution >= 4 is 5.82 Å². The maximum absolute atomic E-state index is 13.1. The summed E-state index contributed by atoms with van der Waals surface area (Å²) in [4.78, 5) is 3.11. The predicted molar refractivity (Wildman–Crippen MR) is 50.0 cm³/mol. The first-order valence-electron chi connectivity index (χ1n) is 4.40. The molecule has 0 atom stereocenters. The molecule has 16 heavy (non-hydrogen) atoms. The van der Waals surface area contributed by atoms with E-state index in [0.717, 1.165) is 5.56 Å². The number of H-pyrrole nitrogens is 1. The molecule has 2 heterocycles. The molecule has 0 radical (unpaired) electrons. The fraction of sp³-hybridized carbons (Fsp3) is 0.111. The topological polar surface area (TPSA) is 53.6 Å². The normalized spacial score (nSPS) is 10.4. The highest BCUT2D eigenvalue weighted by molar-refractivity contribution is 5.36. The molecule has 0 saturated heterocycles. The first-order valence-corrected chi connectivity index (χ1v) is 4.40. The Labute approximate surface area is 88.5 Å². The zero-order valence-corrected chi connectivity index (χ0v) is 7.97. The van der Waals surface area contributed by atoms with Crippen LogP contribution in [0.3, 0.4) is 0 Å². The average molecular weight is 228 g/mol. The van der Waals surface area contributed by atoms with E-state index in [1.807, 2.05) is 0 Å². The van der Waals surface area contributed by atoms with Crippen molar-refractivity contribution in [1.29, 1.82) is 0 Å². The standard InChI is InChI=1S/C9H7F3N4/c10-6-1-7(11)9(16-8(6)12)13-2-5-3-14-15-4-5/h1,3-4H,2H2,(H,13,16)(H,14,15). The summed E-state index contributed by atoms with van der Waals surface area (Å²) in [5, 5.41) is 8.77. The second-order valence-corrected chi connectivity index (χ2v) is 3.05.